The van der Waals surface area contributed by atoms with E-state index in [1.807, 2.05) is 0 Å². The van der Waals surface area contributed by atoms with E-state index < -0.39 is 0 Å². The number of nitrogens with zero attached hydrogens (tertiary/aromatic N) is 1. The van der Waals surface area contributed by atoms with Crippen molar-refractivity contribution in [2.24, 2.45) is 0 Å². The van der Waals surface area contributed by atoms with Crippen molar-refractivity contribution < 1.29 is 0 Å². The van der Waals surface area contributed by atoms with Crippen LogP contribution in [0.1, 0.15) is 33.4 Å². The van der Waals surface area contributed by atoms with Gasteiger partial charge in [0.15, 0.2) is 0 Å². The highest BCUT2D eigenvalue weighted by Crippen LogP contribution is 2.46. The van der Waals surface area contributed by atoms with Crippen LogP contribution in [-0.4, -0.2) is 4.98 Å². The molecule has 1 aromatic heterocycles. The van der Waals surface area contributed by atoms with Gasteiger partial charge in [-0.25, -0.2) is 4.98 Å². The van der Waals surface area contributed by atoms with Crippen molar-refractivity contribution in [3.63, 3.8) is 0 Å². The molecule has 0 bridgehead atoms. The number of hydrogen-bond donors (Lipinski definition) is 0. The third kappa shape index (κ3) is 2.51. The molecule has 0 fully saturated rings. The van der Waals surface area contributed by atoms with Crippen molar-refractivity contribution in [1.82, 2.24) is 4.98 Å². The highest BCUT2D eigenvalue weighted by molar-refractivity contribution is 5.88. The Kier molecular flexibility index (Phi) is 3.92. The quantitative estimate of drug-likeness (QED) is 0.346. The Hall–Kier alpha value is -3.19. The minimum absolute atomic E-state index is 1.07. The molecule has 0 aliphatic heterocycles. The van der Waals surface area contributed by atoms with Gasteiger partial charge in [-0.2, -0.15) is 0 Å². The van der Waals surface area contributed by atoms with E-state index in [2.05, 4.69) is 80.6 Å². The van der Waals surface area contributed by atoms with Gasteiger partial charge in [0.05, 0.1) is 11.4 Å². The van der Waals surface area contributed by atoms with Gasteiger partial charge in [0, 0.05) is 11.1 Å². The Morgan fingerprint density at radius 2 is 1.23 bits per heavy atom. The number of fused-ring (bicyclic) bond motifs is 6. The van der Waals surface area contributed by atoms with Gasteiger partial charge in [0.1, 0.15) is 0 Å². The minimum atomic E-state index is 1.07. The van der Waals surface area contributed by atoms with Crippen LogP contribution in [0.2, 0.25) is 0 Å². The Morgan fingerprint density at radius 3 is 2.10 bits per heavy atom. The predicted molar refractivity (Wildman–Crippen MR) is 125 cm³/mol. The molecule has 0 unspecified atom stereocenters. The number of rotatable bonds is 1. The molecule has 1 heterocycles. The van der Waals surface area contributed by atoms with Gasteiger partial charge in [-0.1, -0.05) is 66.7 Å². The number of pyridine rings is 1. The highest BCUT2D eigenvalue weighted by atomic mass is 14.7. The largest absolute Gasteiger partial charge is 0.247 e. The summed E-state index contributed by atoms with van der Waals surface area (Å²) in [6, 6.07) is 24.4. The third-order valence-corrected chi connectivity index (χ3v) is 7.00. The fraction of sp³-hybridized carbons (Fsp3) is 0.207. The summed E-state index contributed by atoms with van der Waals surface area (Å²) < 4.78 is 0. The van der Waals surface area contributed by atoms with E-state index in [0.717, 1.165) is 25.7 Å². The standard InChI is InChI=1S/C29H25N/c1-18-12-13-19(2)26-22(18)16-17-25-27(21-9-4-3-5-10-21)24-15-14-20-8-6-7-11-23(20)28(24)30-29(25)26/h3-13H,14-17H2,1-2H3. The lowest BCUT2D eigenvalue weighted by molar-refractivity contribution is 0.886. The van der Waals surface area contributed by atoms with Crippen molar-refractivity contribution in [2.75, 3.05) is 0 Å². The second kappa shape index (κ2) is 6.67. The maximum atomic E-state index is 5.42. The van der Waals surface area contributed by atoms with Crippen molar-refractivity contribution in [1.29, 1.82) is 0 Å². The van der Waals surface area contributed by atoms with Crippen LogP contribution in [0.25, 0.3) is 33.6 Å². The van der Waals surface area contributed by atoms with Gasteiger partial charge in [0.25, 0.3) is 0 Å². The van der Waals surface area contributed by atoms with Crippen molar-refractivity contribution in [2.45, 2.75) is 39.5 Å². The van der Waals surface area contributed by atoms with E-state index >= 15 is 0 Å². The maximum Gasteiger partial charge on any atom is 0.0753 e. The average molecular weight is 388 g/mol. The molecule has 0 N–H and O–H groups in total. The first-order valence-electron chi connectivity index (χ1n) is 11.0. The molecule has 6 rings (SSSR count). The zero-order valence-electron chi connectivity index (χ0n) is 17.6. The zero-order chi connectivity index (χ0) is 20.2. The van der Waals surface area contributed by atoms with Crippen LogP contribution in [0.5, 0.6) is 0 Å². The highest BCUT2D eigenvalue weighted by Gasteiger charge is 2.29. The van der Waals surface area contributed by atoms with E-state index in [-0.39, 0.29) is 0 Å². The first-order chi connectivity index (χ1) is 14.7. The Balaban J connectivity index is 1.75. The van der Waals surface area contributed by atoms with Gasteiger partial charge in [-0.05, 0) is 84.0 Å². The molecule has 2 aliphatic rings. The molecule has 3 aromatic carbocycles. The molecule has 0 saturated heterocycles. The molecule has 0 amide bonds. The first kappa shape index (κ1) is 17.7. The van der Waals surface area contributed by atoms with Crippen molar-refractivity contribution >= 4 is 0 Å². The second-order valence-electron chi connectivity index (χ2n) is 8.72. The molecule has 1 heteroatoms. The Bertz CT molecular complexity index is 1300. The maximum absolute atomic E-state index is 5.42. The van der Waals surface area contributed by atoms with Gasteiger partial charge in [0.2, 0.25) is 0 Å². The lowest BCUT2D eigenvalue weighted by Crippen LogP contribution is -2.16. The summed E-state index contributed by atoms with van der Waals surface area (Å²) >= 11 is 0. The number of aryl methyl sites for hydroxylation is 3. The smallest absolute Gasteiger partial charge is 0.0753 e. The van der Waals surface area contributed by atoms with Gasteiger partial charge in [-0.15, -0.1) is 0 Å². The third-order valence-electron chi connectivity index (χ3n) is 7.00. The fourth-order valence-electron chi connectivity index (χ4n) is 5.54. The molecule has 0 saturated carbocycles. The van der Waals surface area contributed by atoms with Gasteiger partial charge >= 0.3 is 0 Å². The molecule has 1 nitrogen and oxygen atoms in total. The first-order valence-corrected chi connectivity index (χ1v) is 11.0. The molecular weight excluding hydrogens is 362 g/mol. The van der Waals surface area contributed by atoms with Crippen LogP contribution in [0, 0.1) is 13.8 Å². The summed E-state index contributed by atoms with van der Waals surface area (Å²) in [5.41, 5.74) is 16.4. The van der Waals surface area contributed by atoms with Crippen molar-refractivity contribution in [3.05, 3.63) is 100 Å². The molecule has 30 heavy (non-hydrogen) atoms. The van der Waals surface area contributed by atoms with Gasteiger partial charge < -0.3 is 0 Å². The summed E-state index contributed by atoms with van der Waals surface area (Å²) in [5, 5.41) is 0. The SMILES string of the molecule is Cc1ccc(C)c2c1CCc1c-2nc2c(c1-c1ccccc1)CCc1ccccc1-2. The van der Waals surface area contributed by atoms with Crippen LogP contribution >= 0.6 is 0 Å². The van der Waals surface area contributed by atoms with Gasteiger partial charge in [-0.3, -0.25) is 0 Å². The van der Waals surface area contributed by atoms with Crippen LogP contribution in [0.3, 0.4) is 0 Å². The molecule has 0 spiro atoms. The molecule has 0 radical (unpaired) electrons. The van der Waals surface area contributed by atoms with E-state index in [1.165, 1.54) is 67.0 Å². The molecule has 0 atom stereocenters. The Morgan fingerprint density at radius 1 is 0.567 bits per heavy atom. The summed E-state index contributed by atoms with van der Waals surface area (Å²) in [6.45, 7) is 4.49. The van der Waals surface area contributed by atoms with Crippen LogP contribution < -0.4 is 0 Å². The second-order valence-corrected chi connectivity index (χ2v) is 8.72. The number of hydrogen-bond acceptors (Lipinski definition) is 1. The van der Waals surface area contributed by atoms with E-state index in [1.54, 1.807) is 0 Å². The van der Waals surface area contributed by atoms with E-state index in [0.29, 0.717) is 0 Å². The minimum Gasteiger partial charge on any atom is -0.247 e. The van der Waals surface area contributed by atoms with Crippen LogP contribution in [0.15, 0.2) is 66.7 Å². The average Bonchev–Trinajstić information content (AvgIpc) is 2.80. The topological polar surface area (TPSA) is 12.9 Å². The van der Waals surface area contributed by atoms with E-state index in [4.69, 9.17) is 4.98 Å². The normalized spacial score (nSPS) is 13.8. The monoisotopic (exact) mass is 387 g/mol. The summed E-state index contributed by atoms with van der Waals surface area (Å²) in [4.78, 5) is 5.42. The zero-order valence-corrected chi connectivity index (χ0v) is 17.6. The van der Waals surface area contributed by atoms with E-state index in [9.17, 15) is 0 Å². The number of benzene rings is 3. The van der Waals surface area contributed by atoms with Crippen LogP contribution in [0.4, 0.5) is 0 Å². The predicted octanol–water partition coefficient (Wildman–Crippen LogP) is 6.90. The van der Waals surface area contributed by atoms with Crippen LogP contribution in [-0.2, 0) is 25.7 Å². The molecule has 146 valence electrons. The summed E-state index contributed by atoms with van der Waals surface area (Å²) in [7, 11) is 0. The fourth-order valence-corrected chi connectivity index (χ4v) is 5.54. The Labute approximate surface area is 178 Å². The summed E-state index contributed by atoms with van der Waals surface area (Å²) in [5.74, 6) is 0. The molecule has 4 aromatic rings. The lowest BCUT2D eigenvalue weighted by atomic mass is 9.77. The lowest BCUT2D eigenvalue weighted by Gasteiger charge is -2.30. The molecule has 2 aliphatic carbocycles. The van der Waals surface area contributed by atoms with Crippen molar-refractivity contribution in [3.8, 4) is 33.6 Å². The number of aromatic nitrogens is 1. The summed E-state index contributed by atoms with van der Waals surface area (Å²) in [6.07, 6.45) is 4.33. The molecular formula is C29H25N.